The van der Waals surface area contributed by atoms with E-state index in [4.69, 9.17) is 11.6 Å². The summed E-state index contributed by atoms with van der Waals surface area (Å²) >= 11 is 5.65. The fraction of sp³-hybridized carbons (Fsp3) is 0.133. The average molecular weight is 323 g/mol. The van der Waals surface area contributed by atoms with Crippen molar-refractivity contribution in [3.63, 3.8) is 0 Å². The summed E-state index contributed by atoms with van der Waals surface area (Å²) in [4.78, 5) is 22.3. The van der Waals surface area contributed by atoms with E-state index in [-0.39, 0.29) is 22.7 Å². The molecule has 0 aromatic heterocycles. The van der Waals surface area contributed by atoms with Crippen molar-refractivity contribution in [1.82, 2.24) is 0 Å². The standard InChI is InChI=1S/C15H12ClFN2O3/c1-9-13(3-2-4-14(9)19(21)22)18-15(20)7-10-5-6-11(16)8-12(10)17/h2-6,8H,7H2,1H3,(H,18,20). The Morgan fingerprint density at radius 2 is 2.09 bits per heavy atom. The fourth-order valence-corrected chi connectivity index (χ4v) is 2.15. The van der Waals surface area contributed by atoms with Crippen LogP contribution >= 0.6 is 11.6 Å². The summed E-state index contributed by atoms with van der Waals surface area (Å²) in [6.45, 7) is 1.54. The van der Waals surface area contributed by atoms with Gasteiger partial charge in [0.05, 0.1) is 22.6 Å². The molecular formula is C15H12ClFN2O3. The van der Waals surface area contributed by atoms with Gasteiger partial charge in [0, 0.05) is 11.1 Å². The van der Waals surface area contributed by atoms with E-state index >= 15 is 0 Å². The fourth-order valence-electron chi connectivity index (χ4n) is 1.99. The second-order valence-corrected chi connectivity index (χ2v) is 5.10. The Hall–Kier alpha value is -2.47. The molecule has 2 aromatic carbocycles. The Morgan fingerprint density at radius 1 is 1.36 bits per heavy atom. The predicted molar refractivity (Wildman–Crippen MR) is 81.6 cm³/mol. The number of anilines is 1. The number of rotatable bonds is 4. The third-order valence-electron chi connectivity index (χ3n) is 3.14. The number of nitrogens with one attached hydrogen (secondary N) is 1. The predicted octanol–water partition coefficient (Wildman–Crippen LogP) is 3.88. The maximum atomic E-state index is 13.6. The highest BCUT2D eigenvalue weighted by molar-refractivity contribution is 6.30. The van der Waals surface area contributed by atoms with Crippen LogP contribution < -0.4 is 5.32 Å². The molecule has 5 nitrogen and oxygen atoms in total. The first kappa shape index (κ1) is 15.9. The van der Waals surface area contributed by atoms with Crippen LogP contribution in [0.15, 0.2) is 36.4 Å². The minimum Gasteiger partial charge on any atom is -0.325 e. The molecule has 0 radical (unpaired) electrons. The van der Waals surface area contributed by atoms with Gasteiger partial charge < -0.3 is 5.32 Å². The van der Waals surface area contributed by atoms with Gasteiger partial charge in [0.1, 0.15) is 5.82 Å². The summed E-state index contributed by atoms with van der Waals surface area (Å²) in [6.07, 6.45) is -0.189. The summed E-state index contributed by atoms with van der Waals surface area (Å²) in [5, 5.41) is 13.7. The minimum atomic E-state index is -0.571. The van der Waals surface area contributed by atoms with Gasteiger partial charge in [-0.2, -0.15) is 0 Å². The van der Waals surface area contributed by atoms with Gasteiger partial charge in [0.2, 0.25) is 5.91 Å². The summed E-state index contributed by atoms with van der Waals surface area (Å²) < 4.78 is 13.6. The van der Waals surface area contributed by atoms with Crippen LogP contribution in [0.1, 0.15) is 11.1 Å². The van der Waals surface area contributed by atoms with Crippen molar-refractivity contribution in [2.24, 2.45) is 0 Å². The Kier molecular flexibility index (Phi) is 4.72. The van der Waals surface area contributed by atoms with Gasteiger partial charge in [-0.05, 0) is 30.7 Å². The van der Waals surface area contributed by atoms with Crippen molar-refractivity contribution >= 4 is 28.9 Å². The first-order valence-electron chi connectivity index (χ1n) is 6.36. The number of hydrogen-bond acceptors (Lipinski definition) is 3. The molecule has 0 aliphatic rings. The van der Waals surface area contributed by atoms with Crippen molar-refractivity contribution in [1.29, 1.82) is 0 Å². The first-order chi connectivity index (χ1) is 10.4. The molecule has 0 heterocycles. The molecular weight excluding hydrogens is 311 g/mol. The lowest BCUT2D eigenvalue weighted by molar-refractivity contribution is -0.385. The molecule has 2 aromatic rings. The van der Waals surface area contributed by atoms with Gasteiger partial charge in [-0.1, -0.05) is 23.7 Å². The molecule has 0 atom stereocenters. The third kappa shape index (κ3) is 3.59. The van der Waals surface area contributed by atoms with Crippen LogP contribution in [0.4, 0.5) is 15.8 Å². The quantitative estimate of drug-likeness (QED) is 0.686. The van der Waals surface area contributed by atoms with Crippen LogP contribution in [-0.4, -0.2) is 10.8 Å². The zero-order valence-electron chi connectivity index (χ0n) is 11.6. The summed E-state index contributed by atoms with van der Waals surface area (Å²) in [7, 11) is 0. The van der Waals surface area contributed by atoms with E-state index < -0.39 is 16.6 Å². The van der Waals surface area contributed by atoms with Crippen molar-refractivity contribution in [3.05, 3.63) is 68.5 Å². The normalized spacial score (nSPS) is 10.3. The van der Waals surface area contributed by atoms with Crippen LogP contribution in [-0.2, 0) is 11.2 Å². The van der Waals surface area contributed by atoms with Gasteiger partial charge in [-0.25, -0.2) is 4.39 Å². The highest BCUT2D eigenvalue weighted by Gasteiger charge is 2.15. The number of nitro benzene ring substituents is 1. The van der Waals surface area contributed by atoms with Crippen LogP contribution in [0.25, 0.3) is 0 Å². The zero-order chi connectivity index (χ0) is 16.3. The van der Waals surface area contributed by atoms with E-state index in [9.17, 15) is 19.3 Å². The lowest BCUT2D eigenvalue weighted by Gasteiger charge is -2.09. The van der Waals surface area contributed by atoms with E-state index in [1.54, 1.807) is 6.07 Å². The molecule has 7 heteroatoms. The summed E-state index contributed by atoms with van der Waals surface area (Å²) in [6, 6.07) is 8.43. The maximum Gasteiger partial charge on any atom is 0.274 e. The number of amides is 1. The van der Waals surface area contributed by atoms with Gasteiger partial charge in [0.25, 0.3) is 5.69 Å². The molecule has 22 heavy (non-hydrogen) atoms. The smallest absolute Gasteiger partial charge is 0.274 e. The largest absolute Gasteiger partial charge is 0.325 e. The van der Waals surface area contributed by atoms with Crippen LogP contribution in [0.5, 0.6) is 0 Å². The number of nitrogens with zero attached hydrogens (tertiary/aromatic N) is 1. The topological polar surface area (TPSA) is 72.2 Å². The first-order valence-corrected chi connectivity index (χ1v) is 6.74. The number of hydrogen-bond donors (Lipinski definition) is 1. The minimum absolute atomic E-state index is 0.0875. The van der Waals surface area contributed by atoms with E-state index in [1.165, 1.54) is 31.2 Å². The molecule has 0 spiro atoms. The van der Waals surface area contributed by atoms with Crippen molar-refractivity contribution in [3.8, 4) is 0 Å². The third-order valence-corrected chi connectivity index (χ3v) is 3.38. The van der Waals surface area contributed by atoms with Gasteiger partial charge in [0.15, 0.2) is 0 Å². The van der Waals surface area contributed by atoms with E-state index in [0.717, 1.165) is 6.07 Å². The second-order valence-electron chi connectivity index (χ2n) is 4.67. The lowest BCUT2D eigenvalue weighted by atomic mass is 10.1. The molecule has 114 valence electrons. The Morgan fingerprint density at radius 3 is 2.73 bits per heavy atom. The van der Waals surface area contributed by atoms with Crippen molar-refractivity contribution in [2.75, 3.05) is 5.32 Å². The molecule has 1 N–H and O–H groups in total. The van der Waals surface area contributed by atoms with E-state index in [2.05, 4.69) is 5.32 Å². The molecule has 0 saturated heterocycles. The van der Waals surface area contributed by atoms with E-state index in [0.29, 0.717) is 11.3 Å². The number of carbonyl (C=O) groups excluding carboxylic acids is 1. The van der Waals surface area contributed by atoms with Crippen LogP contribution in [0, 0.1) is 22.9 Å². The number of nitro groups is 1. The summed E-state index contributed by atoms with van der Waals surface area (Å²) in [5.74, 6) is -1.04. The van der Waals surface area contributed by atoms with Gasteiger partial charge in [-0.3, -0.25) is 14.9 Å². The van der Waals surface area contributed by atoms with Crippen LogP contribution in [0.3, 0.4) is 0 Å². The monoisotopic (exact) mass is 322 g/mol. The zero-order valence-corrected chi connectivity index (χ0v) is 12.4. The highest BCUT2D eigenvalue weighted by Crippen LogP contribution is 2.25. The average Bonchev–Trinajstić information content (AvgIpc) is 2.44. The highest BCUT2D eigenvalue weighted by atomic mass is 35.5. The number of halogens is 2. The molecule has 0 unspecified atom stereocenters. The molecule has 0 saturated carbocycles. The Balaban J connectivity index is 2.16. The SMILES string of the molecule is Cc1c(NC(=O)Cc2ccc(Cl)cc2F)cccc1[N+](=O)[O-]. The Labute approximate surface area is 130 Å². The molecule has 0 bridgehead atoms. The number of benzene rings is 2. The molecule has 0 aliphatic carbocycles. The molecule has 0 fully saturated rings. The van der Waals surface area contributed by atoms with E-state index in [1.807, 2.05) is 0 Å². The maximum absolute atomic E-state index is 13.6. The van der Waals surface area contributed by atoms with Gasteiger partial charge in [-0.15, -0.1) is 0 Å². The van der Waals surface area contributed by atoms with Gasteiger partial charge >= 0.3 is 0 Å². The number of carbonyl (C=O) groups is 1. The second kappa shape index (κ2) is 6.53. The molecule has 0 aliphatic heterocycles. The molecule has 1 amide bonds. The summed E-state index contributed by atoms with van der Waals surface area (Å²) in [5.41, 5.74) is 0.784. The lowest BCUT2D eigenvalue weighted by Crippen LogP contribution is -2.16. The Bertz CT molecular complexity index is 750. The van der Waals surface area contributed by atoms with Crippen molar-refractivity contribution < 1.29 is 14.1 Å². The molecule has 2 rings (SSSR count). The van der Waals surface area contributed by atoms with Crippen LogP contribution in [0.2, 0.25) is 5.02 Å². The van der Waals surface area contributed by atoms with Crippen molar-refractivity contribution in [2.45, 2.75) is 13.3 Å².